The van der Waals surface area contributed by atoms with Crippen LogP contribution in [0.2, 0.25) is 0 Å². The van der Waals surface area contributed by atoms with Crippen LogP contribution in [0.15, 0.2) is 24.3 Å². The standard InChI is InChI=1S/C17H24N2O3S/c1-3-18(8-9-20)15-4-6-16(7-5-15)19-11-14(10-17(19)22)12-23-13(2)21/h4-7,14,20H,3,8-12H2,1-2H3. The first-order valence-electron chi connectivity index (χ1n) is 7.94. The number of likely N-dealkylation sites (N-methyl/N-ethyl adjacent to an activating group) is 1. The number of hydrogen-bond donors (Lipinski definition) is 1. The molecule has 5 nitrogen and oxygen atoms in total. The average molecular weight is 336 g/mol. The van der Waals surface area contributed by atoms with E-state index in [9.17, 15) is 9.59 Å². The van der Waals surface area contributed by atoms with Crippen LogP contribution in [0, 0.1) is 5.92 Å². The number of anilines is 2. The lowest BCUT2D eigenvalue weighted by atomic mass is 10.1. The van der Waals surface area contributed by atoms with Gasteiger partial charge in [0.2, 0.25) is 5.91 Å². The van der Waals surface area contributed by atoms with Gasteiger partial charge in [-0.2, -0.15) is 0 Å². The average Bonchev–Trinajstić information content (AvgIpc) is 2.92. The Morgan fingerprint density at radius 2 is 2.09 bits per heavy atom. The third kappa shape index (κ3) is 4.72. The van der Waals surface area contributed by atoms with E-state index < -0.39 is 0 Å². The van der Waals surface area contributed by atoms with E-state index in [-0.39, 0.29) is 23.5 Å². The van der Waals surface area contributed by atoms with Crippen molar-refractivity contribution in [1.82, 2.24) is 0 Å². The molecular weight excluding hydrogens is 312 g/mol. The lowest BCUT2D eigenvalue weighted by Crippen LogP contribution is -2.27. The molecule has 1 aliphatic heterocycles. The van der Waals surface area contributed by atoms with E-state index in [0.717, 1.165) is 17.9 Å². The summed E-state index contributed by atoms with van der Waals surface area (Å²) < 4.78 is 0. The van der Waals surface area contributed by atoms with Gasteiger partial charge in [0.05, 0.1) is 6.61 Å². The Morgan fingerprint density at radius 1 is 1.39 bits per heavy atom. The number of nitrogens with zero attached hydrogens (tertiary/aromatic N) is 2. The molecule has 1 saturated heterocycles. The first-order chi connectivity index (χ1) is 11.0. The molecule has 1 amide bonds. The molecule has 1 aromatic rings. The SMILES string of the molecule is CCN(CCO)c1ccc(N2CC(CSC(C)=O)CC2=O)cc1. The molecule has 1 unspecified atom stereocenters. The van der Waals surface area contributed by atoms with Crippen molar-refractivity contribution in [3.8, 4) is 0 Å². The van der Waals surface area contributed by atoms with Gasteiger partial charge in [-0.05, 0) is 37.1 Å². The van der Waals surface area contributed by atoms with Crippen molar-refractivity contribution in [2.45, 2.75) is 20.3 Å². The van der Waals surface area contributed by atoms with E-state index in [1.807, 2.05) is 31.2 Å². The molecule has 1 fully saturated rings. The predicted octanol–water partition coefficient (Wildman–Crippen LogP) is 2.14. The lowest BCUT2D eigenvalue weighted by Gasteiger charge is -2.23. The topological polar surface area (TPSA) is 60.9 Å². The minimum absolute atomic E-state index is 0.101. The number of aliphatic hydroxyl groups excluding tert-OH is 1. The van der Waals surface area contributed by atoms with Crippen LogP contribution >= 0.6 is 11.8 Å². The van der Waals surface area contributed by atoms with Crippen molar-refractivity contribution in [2.24, 2.45) is 5.92 Å². The van der Waals surface area contributed by atoms with E-state index in [4.69, 9.17) is 5.11 Å². The largest absolute Gasteiger partial charge is 0.395 e. The Labute approximate surface area is 141 Å². The van der Waals surface area contributed by atoms with Gasteiger partial charge in [-0.3, -0.25) is 9.59 Å². The van der Waals surface area contributed by atoms with Crippen LogP contribution in [0.1, 0.15) is 20.3 Å². The van der Waals surface area contributed by atoms with E-state index in [2.05, 4.69) is 4.90 Å². The van der Waals surface area contributed by atoms with Gasteiger partial charge in [0.1, 0.15) is 0 Å². The van der Waals surface area contributed by atoms with Gasteiger partial charge in [-0.15, -0.1) is 0 Å². The smallest absolute Gasteiger partial charge is 0.227 e. The number of aliphatic hydroxyl groups is 1. The quantitative estimate of drug-likeness (QED) is 0.826. The molecule has 126 valence electrons. The Bertz CT molecular complexity index is 547. The van der Waals surface area contributed by atoms with Crippen LogP contribution in [0.5, 0.6) is 0 Å². The van der Waals surface area contributed by atoms with Gasteiger partial charge in [0, 0.05) is 50.1 Å². The number of carbonyl (C=O) groups excluding carboxylic acids is 2. The molecule has 0 bridgehead atoms. The van der Waals surface area contributed by atoms with Crippen LogP contribution < -0.4 is 9.80 Å². The van der Waals surface area contributed by atoms with E-state index in [1.54, 1.807) is 11.8 Å². The molecule has 1 aliphatic rings. The number of thioether (sulfide) groups is 1. The van der Waals surface area contributed by atoms with E-state index in [1.165, 1.54) is 11.8 Å². The molecule has 6 heteroatoms. The number of amides is 1. The Kier molecular flexibility index (Phi) is 6.47. The second-order valence-electron chi connectivity index (χ2n) is 5.70. The Morgan fingerprint density at radius 3 is 2.65 bits per heavy atom. The Hall–Kier alpha value is -1.53. The first kappa shape index (κ1) is 17.8. The molecule has 1 heterocycles. The summed E-state index contributed by atoms with van der Waals surface area (Å²) >= 11 is 1.29. The summed E-state index contributed by atoms with van der Waals surface area (Å²) in [7, 11) is 0. The highest BCUT2D eigenvalue weighted by molar-refractivity contribution is 8.13. The van der Waals surface area contributed by atoms with Crippen molar-refractivity contribution < 1.29 is 14.7 Å². The van der Waals surface area contributed by atoms with Crippen LogP contribution in [-0.4, -0.2) is 48.1 Å². The van der Waals surface area contributed by atoms with Crippen molar-refractivity contribution in [3.05, 3.63) is 24.3 Å². The highest BCUT2D eigenvalue weighted by Crippen LogP contribution is 2.29. The minimum Gasteiger partial charge on any atom is -0.395 e. The van der Waals surface area contributed by atoms with Crippen LogP contribution in [0.3, 0.4) is 0 Å². The molecule has 0 radical (unpaired) electrons. The third-order valence-corrected chi connectivity index (χ3v) is 5.05. The van der Waals surface area contributed by atoms with Gasteiger partial charge in [0.25, 0.3) is 0 Å². The third-order valence-electron chi connectivity index (χ3n) is 4.01. The van der Waals surface area contributed by atoms with Gasteiger partial charge in [-0.1, -0.05) is 11.8 Å². The minimum atomic E-state index is 0.101. The first-order valence-corrected chi connectivity index (χ1v) is 8.93. The summed E-state index contributed by atoms with van der Waals surface area (Å²) in [6, 6.07) is 7.88. The van der Waals surface area contributed by atoms with Gasteiger partial charge < -0.3 is 14.9 Å². The zero-order valence-electron chi connectivity index (χ0n) is 13.7. The maximum absolute atomic E-state index is 12.2. The molecule has 2 rings (SSSR count). The maximum Gasteiger partial charge on any atom is 0.227 e. The summed E-state index contributed by atoms with van der Waals surface area (Å²) in [5.41, 5.74) is 1.94. The lowest BCUT2D eigenvalue weighted by molar-refractivity contribution is -0.117. The molecular formula is C17H24N2O3S. The molecule has 0 spiro atoms. The molecule has 23 heavy (non-hydrogen) atoms. The Balaban J connectivity index is 2.01. The van der Waals surface area contributed by atoms with Crippen molar-refractivity contribution >= 4 is 34.2 Å². The van der Waals surface area contributed by atoms with Crippen molar-refractivity contribution in [3.63, 3.8) is 0 Å². The summed E-state index contributed by atoms with van der Waals surface area (Å²) in [6.07, 6.45) is 0.508. The van der Waals surface area contributed by atoms with Crippen molar-refractivity contribution in [1.29, 1.82) is 0 Å². The molecule has 1 N–H and O–H groups in total. The van der Waals surface area contributed by atoms with E-state index >= 15 is 0 Å². The summed E-state index contributed by atoms with van der Waals surface area (Å²) in [5, 5.41) is 9.19. The van der Waals surface area contributed by atoms with Crippen molar-refractivity contribution in [2.75, 3.05) is 41.8 Å². The summed E-state index contributed by atoms with van der Waals surface area (Å²) in [4.78, 5) is 27.1. The molecule has 0 saturated carbocycles. The zero-order chi connectivity index (χ0) is 16.8. The van der Waals surface area contributed by atoms with Crippen LogP contribution in [0.4, 0.5) is 11.4 Å². The zero-order valence-corrected chi connectivity index (χ0v) is 14.5. The van der Waals surface area contributed by atoms with Crippen LogP contribution in [-0.2, 0) is 9.59 Å². The molecule has 0 aliphatic carbocycles. The fourth-order valence-corrected chi connectivity index (χ4v) is 3.51. The monoisotopic (exact) mass is 336 g/mol. The highest BCUT2D eigenvalue weighted by atomic mass is 32.2. The molecule has 0 aromatic heterocycles. The normalized spacial score (nSPS) is 17.6. The van der Waals surface area contributed by atoms with Gasteiger partial charge in [0.15, 0.2) is 5.12 Å². The molecule has 1 atom stereocenters. The number of benzene rings is 1. The maximum atomic E-state index is 12.2. The predicted molar refractivity (Wildman–Crippen MR) is 95.0 cm³/mol. The second kappa shape index (κ2) is 8.36. The number of hydrogen-bond acceptors (Lipinski definition) is 5. The fourth-order valence-electron chi connectivity index (χ4n) is 2.81. The van der Waals surface area contributed by atoms with Gasteiger partial charge in [-0.25, -0.2) is 0 Å². The van der Waals surface area contributed by atoms with E-state index in [0.29, 0.717) is 25.3 Å². The fraction of sp³-hybridized carbons (Fsp3) is 0.529. The second-order valence-corrected chi connectivity index (χ2v) is 6.89. The number of rotatable bonds is 7. The summed E-state index contributed by atoms with van der Waals surface area (Å²) in [5.74, 6) is 1.06. The molecule has 1 aromatic carbocycles. The van der Waals surface area contributed by atoms with Crippen LogP contribution in [0.25, 0.3) is 0 Å². The highest BCUT2D eigenvalue weighted by Gasteiger charge is 2.30. The number of carbonyl (C=O) groups is 2. The van der Waals surface area contributed by atoms with Gasteiger partial charge >= 0.3 is 0 Å². The summed E-state index contributed by atoms with van der Waals surface area (Å²) in [6.45, 7) is 5.83.